The molecule has 1 aromatic carbocycles. The first-order chi connectivity index (χ1) is 13.1. The fraction of sp³-hybridized carbons (Fsp3) is 0.526. The van der Waals surface area contributed by atoms with Gasteiger partial charge in [-0.2, -0.15) is 4.98 Å². The van der Waals surface area contributed by atoms with Crippen molar-refractivity contribution in [3.8, 4) is 17.1 Å². The van der Waals surface area contributed by atoms with Gasteiger partial charge in [-0.1, -0.05) is 12.1 Å². The highest BCUT2D eigenvalue weighted by atomic mass is 35.5. The summed E-state index contributed by atoms with van der Waals surface area (Å²) in [7, 11) is 3.50. The number of hydrogen-bond acceptors (Lipinski definition) is 7. The summed E-state index contributed by atoms with van der Waals surface area (Å²) in [5, 5.41) is 7.13. The van der Waals surface area contributed by atoms with Crippen LogP contribution in [0.2, 0.25) is 0 Å². The molecule has 10 heteroatoms. The van der Waals surface area contributed by atoms with E-state index in [0.717, 1.165) is 37.5 Å². The number of nitrogens with zero attached hydrogens (tertiary/aromatic N) is 4. The molecule has 1 aliphatic heterocycles. The molecule has 1 fully saturated rings. The quantitative estimate of drug-likeness (QED) is 0.697. The Kier molecular flexibility index (Phi) is 10.4. The molecule has 1 N–H and O–H groups in total. The van der Waals surface area contributed by atoms with Crippen LogP contribution in [0.5, 0.6) is 5.75 Å². The summed E-state index contributed by atoms with van der Waals surface area (Å²) < 4.78 is 10.6. The highest BCUT2D eigenvalue weighted by molar-refractivity contribution is 5.85. The van der Waals surface area contributed by atoms with Crippen LogP contribution in [-0.4, -0.2) is 72.7 Å². The minimum absolute atomic E-state index is 0. The Morgan fingerprint density at radius 3 is 2.45 bits per heavy atom. The van der Waals surface area contributed by atoms with Crippen LogP contribution in [-0.2, 0) is 11.3 Å². The van der Waals surface area contributed by atoms with Crippen molar-refractivity contribution in [1.82, 2.24) is 25.3 Å². The van der Waals surface area contributed by atoms with Crippen LogP contribution in [0.3, 0.4) is 0 Å². The lowest BCUT2D eigenvalue weighted by Crippen LogP contribution is -2.50. The number of nitrogens with one attached hydrogen (secondary N) is 1. The molecule has 0 saturated carbocycles. The van der Waals surface area contributed by atoms with Crippen LogP contribution < -0.4 is 10.1 Å². The Morgan fingerprint density at radius 1 is 1.21 bits per heavy atom. The third-order valence-electron chi connectivity index (χ3n) is 4.79. The zero-order valence-corrected chi connectivity index (χ0v) is 18.6. The topological polar surface area (TPSA) is 83.7 Å². The largest absolute Gasteiger partial charge is 0.497 e. The van der Waals surface area contributed by atoms with Crippen molar-refractivity contribution in [1.29, 1.82) is 0 Å². The number of piperazine rings is 1. The van der Waals surface area contributed by atoms with Crippen molar-refractivity contribution in [2.24, 2.45) is 5.92 Å². The Morgan fingerprint density at radius 2 is 1.86 bits per heavy atom. The molecule has 0 spiro atoms. The van der Waals surface area contributed by atoms with Crippen LogP contribution in [0, 0.1) is 5.92 Å². The van der Waals surface area contributed by atoms with Crippen molar-refractivity contribution in [2.75, 3.05) is 46.9 Å². The van der Waals surface area contributed by atoms with Crippen molar-refractivity contribution in [3.63, 3.8) is 0 Å². The van der Waals surface area contributed by atoms with Gasteiger partial charge in [0.1, 0.15) is 5.75 Å². The van der Waals surface area contributed by atoms with Gasteiger partial charge in [0.05, 0.1) is 13.7 Å². The number of carbonyl (C=O) groups is 1. The van der Waals surface area contributed by atoms with Gasteiger partial charge in [-0.25, -0.2) is 0 Å². The van der Waals surface area contributed by atoms with Crippen LogP contribution in [0.25, 0.3) is 11.4 Å². The number of aromatic nitrogens is 2. The summed E-state index contributed by atoms with van der Waals surface area (Å²) in [5.41, 5.74) is 0.889. The lowest BCUT2D eigenvalue weighted by molar-refractivity contribution is -0.136. The van der Waals surface area contributed by atoms with Gasteiger partial charge >= 0.3 is 0 Å². The molecule has 2 heterocycles. The maximum Gasteiger partial charge on any atom is 0.241 e. The zero-order chi connectivity index (χ0) is 19.2. The normalized spacial score (nSPS) is 15.2. The lowest BCUT2D eigenvalue weighted by atomic mass is 10.1. The van der Waals surface area contributed by atoms with E-state index in [-0.39, 0.29) is 36.6 Å². The fourth-order valence-corrected chi connectivity index (χ4v) is 3.20. The SMILES string of the molecule is CNCC(C)C(=O)N1CCN(Cc2nc(-c3ccc(OC)cc3)no2)CC1.Cl.Cl. The summed E-state index contributed by atoms with van der Waals surface area (Å²) in [6.07, 6.45) is 0. The molecule has 3 rings (SSSR count). The Hall–Kier alpha value is -1.87. The van der Waals surface area contributed by atoms with Gasteiger partial charge in [0.2, 0.25) is 17.6 Å². The summed E-state index contributed by atoms with van der Waals surface area (Å²) in [6, 6.07) is 7.56. The van der Waals surface area contributed by atoms with Crippen molar-refractivity contribution in [3.05, 3.63) is 30.2 Å². The van der Waals surface area contributed by atoms with Crippen molar-refractivity contribution in [2.45, 2.75) is 13.5 Å². The summed E-state index contributed by atoms with van der Waals surface area (Å²) in [4.78, 5) is 21.0. The van der Waals surface area contributed by atoms with E-state index in [1.165, 1.54) is 0 Å². The minimum atomic E-state index is 0. The molecule has 0 aliphatic carbocycles. The maximum absolute atomic E-state index is 12.4. The van der Waals surface area contributed by atoms with Gasteiger partial charge in [-0.3, -0.25) is 9.69 Å². The van der Waals surface area contributed by atoms with Gasteiger partial charge in [0.15, 0.2) is 0 Å². The first-order valence-electron chi connectivity index (χ1n) is 9.23. The number of halogens is 2. The average Bonchev–Trinajstić information content (AvgIpc) is 3.17. The minimum Gasteiger partial charge on any atom is -0.497 e. The molecule has 2 aromatic rings. The molecule has 1 amide bonds. The highest BCUT2D eigenvalue weighted by Crippen LogP contribution is 2.20. The molecule has 29 heavy (non-hydrogen) atoms. The van der Waals surface area contributed by atoms with E-state index in [1.54, 1.807) is 7.11 Å². The predicted octanol–water partition coefficient (Wildman–Crippen LogP) is 2.09. The van der Waals surface area contributed by atoms with Crippen LogP contribution >= 0.6 is 24.8 Å². The number of hydrogen-bond donors (Lipinski definition) is 1. The van der Waals surface area contributed by atoms with Crippen molar-refractivity contribution >= 4 is 30.7 Å². The van der Waals surface area contributed by atoms with Crippen molar-refractivity contribution < 1.29 is 14.1 Å². The lowest BCUT2D eigenvalue weighted by Gasteiger charge is -2.35. The first-order valence-corrected chi connectivity index (χ1v) is 9.23. The number of ether oxygens (including phenoxy) is 1. The molecule has 1 aromatic heterocycles. The fourth-order valence-electron chi connectivity index (χ4n) is 3.20. The van der Waals surface area contributed by atoms with Crippen LogP contribution in [0.1, 0.15) is 12.8 Å². The van der Waals surface area contributed by atoms with E-state index >= 15 is 0 Å². The van der Waals surface area contributed by atoms with E-state index < -0.39 is 0 Å². The van der Waals surface area contributed by atoms with Gasteiger partial charge in [0, 0.05) is 44.2 Å². The highest BCUT2D eigenvalue weighted by Gasteiger charge is 2.25. The smallest absolute Gasteiger partial charge is 0.241 e. The Balaban J connectivity index is 0.00000210. The van der Waals surface area contributed by atoms with Gasteiger partial charge in [-0.15, -0.1) is 24.8 Å². The molecule has 1 aliphatic rings. The number of benzene rings is 1. The third-order valence-corrected chi connectivity index (χ3v) is 4.79. The second-order valence-corrected chi connectivity index (χ2v) is 6.80. The molecule has 0 bridgehead atoms. The number of carbonyl (C=O) groups excluding carboxylic acids is 1. The van der Waals surface area contributed by atoms with E-state index in [4.69, 9.17) is 9.26 Å². The average molecular weight is 446 g/mol. The monoisotopic (exact) mass is 445 g/mol. The summed E-state index contributed by atoms with van der Waals surface area (Å²) in [6.45, 7) is 6.33. The Labute approximate surface area is 183 Å². The second kappa shape index (κ2) is 12.0. The molecule has 8 nitrogen and oxygen atoms in total. The standard InChI is InChI=1S/C19H27N5O3.2ClH/c1-14(12-20-2)19(25)24-10-8-23(9-11-24)13-17-21-18(22-27-17)15-4-6-16(26-3)7-5-15;;/h4-7,14,20H,8-13H2,1-3H3;2*1H. The van der Waals surface area contributed by atoms with E-state index in [2.05, 4.69) is 20.4 Å². The first kappa shape index (κ1) is 25.2. The molecule has 1 unspecified atom stereocenters. The third kappa shape index (κ3) is 6.57. The molecule has 162 valence electrons. The molecule has 1 atom stereocenters. The van der Waals surface area contributed by atoms with Gasteiger partial charge < -0.3 is 19.5 Å². The Bertz CT molecular complexity index is 749. The summed E-state index contributed by atoms with van der Waals surface area (Å²) >= 11 is 0. The molecular formula is C19H29Cl2N5O3. The van der Waals surface area contributed by atoms with Crippen LogP contribution in [0.4, 0.5) is 0 Å². The molecule has 0 radical (unpaired) electrons. The van der Waals surface area contributed by atoms with Gasteiger partial charge in [0.25, 0.3) is 0 Å². The zero-order valence-electron chi connectivity index (χ0n) is 17.0. The molecular weight excluding hydrogens is 417 g/mol. The van der Waals surface area contributed by atoms with E-state index in [1.807, 2.05) is 43.1 Å². The number of methoxy groups -OCH3 is 1. The van der Waals surface area contributed by atoms with E-state index in [0.29, 0.717) is 24.8 Å². The summed E-state index contributed by atoms with van der Waals surface area (Å²) in [5.74, 6) is 2.17. The predicted molar refractivity (Wildman–Crippen MR) is 116 cm³/mol. The number of amides is 1. The second-order valence-electron chi connectivity index (χ2n) is 6.80. The number of rotatable bonds is 7. The maximum atomic E-state index is 12.4. The van der Waals surface area contributed by atoms with Crippen LogP contribution in [0.15, 0.2) is 28.8 Å². The van der Waals surface area contributed by atoms with Gasteiger partial charge in [-0.05, 0) is 31.3 Å². The van der Waals surface area contributed by atoms with E-state index in [9.17, 15) is 4.79 Å². The molecule has 1 saturated heterocycles.